The molecule has 0 saturated carbocycles. The molecular weight excluding hydrogens is 480 g/mol. The van der Waals surface area contributed by atoms with Crippen molar-refractivity contribution in [2.75, 3.05) is 0 Å². The quantitative estimate of drug-likeness (QED) is 0.205. The van der Waals surface area contributed by atoms with Gasteiger partial charge in [-0.2, -0.15) is 0 Å². The van der Waals surface area contributed by atoms with Crippen molar-refractivity contribution in [3.8, 4) is 33.4 Å². The molecule has 1 aliphatic rings. The molecule has 6 aromatic rings. The monoisotopic (exact) mass is 516 g/mol. The van der Waals surface area contributed by atoms with E-state index in [1.807, 2.05) is 0 Å². The minimum absolute atomic E-state index is 0.193. The van der Waals surface area contributed by atoms with Gasteiger partial charge in [0.2, 0.25) is 0 Å². The lowest BCUT2D eigenvalue weighted by molar-refractivity contribution is 0.332. The van der Waals surface area contributed by atoms with E-state index in [1.54, 1.807) is 0 Å². The van der Waals surface area contributed by atoms with Gasteiger partial charge in [-0.15, -0.1) is 0 Å². The number of fused-ring (bicyclic) bond motifs is 3. The molecule has 0 heterocycles. The van der Waals surface area contributed by atoms with E-state index in [9.17, 15) is 0 Å². The van der Waals surface area contributed by atoms with Crippen molar-refractivity contribution in [2.45, 2.75) is 51.4 Å². The Morgan fingerprint density at radius 3 is 1.43 bits per heavy atom. The minimum Gasteiger partial charge on any atom is -0.0622 e. The van der Waals surface area contributed by atoms with Crippen molar-refractivity contribution in [3.63, 3.8) is 0 Å². The third-order valence-electron chi connectivity index (χ3n) is 9.33. The number of hydrogen-bond donors (Lipinski definition) is 0. The summed E-state index contributed by atoms with van der Waals surface area (Å²) in [4.78, 5) is 0. The lowest BCUT2D eigenvalue weighted by Crippen LogP contribution is -2.33. The average molecular weight is 517 g/mol. The Morgan fingerprint density at radius 2 is 0.825 bits per heavy atom. The molecule has 7 rings (SSSR count). The third-order valence-corrected chi connectivity index (χ3v) is 9.33. The maximum absolute atomic E-state index is 2.48. The Balaban J connectivity index is 1.46. The lowest BCUT2D eigenvalue weighted by atomic mass is 9.63. The molecule has 0 atom stereocenters. The van der Waals surface area contributed by atoms with Gasteiger partial charge in [-0.1, -0.05) is 143 Å². The van der Waals surface area contributed by atoms with Crippen molar-refractivity contribution < 1.29 is 0 Å². The number of benzene rings is 6. The fraction of sp³-hybridized carbons (Fsp3) is 0.200. The normalized spacial score (nSPS) is 15.7. The predicted octanol–water partition coefficient (Wildman–Crippen LogP) is 11.3. The molecule has 0 spiro atoms. The van der Waals surface area contributed by atoms with E-state index < -0.39 is 0 Å². The topological polar surface area (TPSA) is 0 Å². The van der Waals surface area contributed by atoms with E-state index >= 15 is 0 Å². The fourth-order valence-electron chi connectivity index (χ4n) is 6.98. The van der Waals surface area contributed by atoms with Gasteiger partial charge in [0.1, 0.15) is 0 Å². The molecule has 1 aliphatic carbocycles. The van der Waals surface area contributed by atoms with Crippen molar-refractivity contribution in [1.82, 2.24) is 0 Å². The van der Waals surface area contributed by atoms with Crippen LogP contribution < -0.4 is 0 Å². The first-order chi connectivity index (χ1) is 19.3. The van der Waals surface area contributed by atoms with Crippen molar-refractivity contribution in [1.29, 1.82) is 0 Å². The standard InChI is InChI=1S/C40H36/c1-39(2)23-24-40(3,4)36-26-29(21-22-35(36)39)28-15-12-16-30(25-28)38-33-19-10-8-17-31(33)37(27-13-6-5-7-14-27)32-18-9-11-20-34(32)38/h5-22,25-26H,23-24H2,1-4H3. The summed E-state index contributed by atoms with van der Waals surface area (Å²) >= 11 is 0. The Kier molecular flexibility index (Phi) is 5.72. The maximum Gasteiger partial charge on any atom is -0.00262 e. The van der Waals surface area contributed by atoms with Crippen LogP contribution in [0.2, 0.25) is 0 Å². The van der Waals surface area contributed by atoms with Crippen molar-refractivity contribution in [3.05, 3.63) is 132 Å². The fourth-order valence-corrected chi connectivity index (χ4v) is 6.98. The molecule has 0 radical (unpaired) electrons. The number of rotatable bonds is 3. The molecule has 0 saturated heterocycles. The van der Waals surface area contributed by atoms with E-state index in [4.69, 9.17) is 0 Å². The highest BCUT2D eigenvalue weighted by atomic mass is 14.4. The van der Waals surface area contributed by atoms with Gasteiger partial charge < -0.3 is 0 Å². The van der Waals surface area contributed by atoms with Crippen LogP contribution in [0.3, 0.4) is 0 Å². The summed E-state index contributed by atoms with van der Waals surface area (Å²) in [5.41, 5.74) is 11.2. The van der Waals surface area contributed by atoms with Crippen LogP contribution in [0, 0.1) is 0 Å². The van der Waals surface area contributed by atoms with E-state index in [2.05, 4.69) is 149 Å². The average Bonchev–Trinajstić information content (AvgIpc) is 2.98. The molecule has 0 amide bonds. The van der Waals surface area contributed by atoms with Gasteiger partial charge in [0.05, 0.1) is 0 Å². The summed E-state index contributed by atoms with van der Waals surface area (Å²) in [6.07, 6.45) is 2.46. The first-order valence-electron chi connectivity index (χ1n) is 14.6. The molecular formula is C40H36. The van der Waals surface area contributed by atoms with E-state index in [-0.39, 0.29) is 10.8 Å². The highest BCUT2D eigenvalue weighted by Crippen LogP contribution is 2.48. The van der Waals surface area contributed by atoms with Crippen LogP contribution in [-0.4, -0.2) is 0 Å². The van der Waals surface area contributed by atoms with Gasteiger partial charge in [0.15, 0.2) is 0 Å². The highest BCUT2D eigenvalue weighted by Gasteiger charge is 2.37. The molecule has 40 heavy (non-hydrogen) atoms. The molecule has 0 nitrogen and oxygen atoms in total. The Morgan fingerprint density at radius 1 is 0.375 bits per heavy atom. The smallest absolute Gasteiger partial charge is 0.00262 e. The van der Waals surface area contributed by atoms with E-state index in [0.29, 0.717) is 0 Å². The first kappa shape index (κ1) is 24.9. The van der Waals surface area contributed by atoms with E-state index in [1.165, 1.54) is 78.9 Å². The molecule has 196 valence electrons. The summed E-state index contributed by atoms with van der Waals surface area (Å²) in [6, 6.07) is 45.1. The van der Waals surface area contributed by atoms with Crippen LogP contribution in [0.1, 0.15) is 51.7 Å². The van der Waals surface area contributed by atoms with Crippen LogP contribution in [0.5, 0.6) is 0 Å². The molecule has 6 aromatic carbocycles. The molecule has 0 fully saturated rings. The first-order valence-corrected chi connectivity index (χ1v) is 14.6. The van der Waals surface area contributed by atoms with E-state index in [0.717, 1.165) is 0 Å². The SMILES string of the molecule is CC1(C)CCC(C)(C)c2cc(-c3cccc(-c4c5ccccc5c(-c5ccccc5)c5ccccc45)c3)ccc21. The molecule has 0 unspecified atom stereocenters. The van der Waals surface area contributed by atoms with Gasteiger partial charge in [-0.3, -0.25) is 0 Å². The summed E-state index contributed by atoms with van der Waals surface area (Å²) in [6.45, 7) is 9.62. The largest absolute Gasteiger partial charge is 0.0622 e. The second-order valence-corrected chi connectivity index (χ2v) is 12.8. The highest BCUT2D eigenvalue weighted by molar-refractivity contribution is 6.21. The van der Waals surface area contributed by atoms with Gasteiger partial charge >= 0.3 is 0 Å². The molecule has 0 bridgehead atoms. The van der Waals surface area contributed by atoms with Gasteiger partial charge in [0, 0.05) is 0 Å². The zero-order valence-electron chi connectivity index (χ0n) is 24.0. The van der Waals surface area contributed by atoms with Gasteiger partial charge in [-0.25, -0.2) is 0 Å². The van der Waals surface area contributed by atoms with Crippen LogP contribution >= 0.6 is 0 Å². The summed E-state index contributed by atoms with van der Waals surface area (Å²) < 4.78 is 0. The second kappa shape index (κ2) is 9.20. The van der Waals surface area contributed by atoms with Crippen LogP contribution in [0.15, 0.2) is 121 Å². The summed E-state index contributed by atoms with van der Waals surface area (Å²) in [5.74, 6) is 0. The molecule has 0 heteroatoms. The Hall–Kier alpha value is -4.16. The van der Waals surface area contributed by atoms with Gasteiger partial charge in [0.25, 0.3) is 0 Å². The number of hydrogen-bond acceptors (Lipinski definition) is 0. The molecule has 0 N–H and O–H groups in total. The predicted molar refractivity (Wildman–Crippen MR) is 173 cm³/mol. The molecule has 0 aromatic heterocycles. The maximum atomic E-state index is 2.48. The zero-order chi connectivity index (χ0) is 27.5. The lowest BCUT2D eigenvalue weighted by Gasteiger charge is -2.42. The minimum atomic E-state index is 0.193. The summed E-state index contributed by atoms with van der Waals surface area (Å²) in [7, 11) is 0. The molecule has 0 aliphatic heterocycles. The third kappa shape index (κ3) is 3.97. The van der Waals surface area contributed by atoms with Crippen LogP contribution in [0.4, 0.5) is 0 Å². The van der Waals surface area contributed by atoms with Crippen molar-refractivity contribution in [2.24, 2.45) is 0 Å². The Labute approximate surface area is 238 Å². The van der Waals surface area contributed by atoms with Crippen LogP contribution in [-0.2, 0) is 10.8 Å². The summed E-state index contributed by atoms with van der Waals surface area (Å²) in [5, 5.41) is 5.19. The van der Waals surface area contributed by atoms with Gasteiger partial charge in [-0.05, 0) is 95.8 Å². The van der Waals surface area contributed by atoms with Crippen LogP contribution in [0.25, 0.3) is 54.9 Å². The second-order valence-electron chi connectivity index (χ2n) is 12.8. The Bertz CT molecular complexity index is 1830. The zero-order valence-corrected chi connectivity index (χ0v) is 24.0. The van der Waals surface area contributed by atoms with Crippen molar-refractivity contribution >= 4 is 21.5 Å².